The molecule has 4 heterocycles. The van der Waals surface area contributed by atoms with Crippen molar-refractivity contribution in [2.45, 2.75) is 19.4 Å². The molecule has 1 saturated heterocycles. The summed E-state index contributed by atoms with van der Waals surface area (Å²) < 4.78 is 5.25. The van der Waals surface area contributed by atoms with Gasteiger partial charge in [-0.2, -0.15) is 0 Å². The predicted octanol–water partition coefficient (Wildman–Crippen LogP) is 2.82. The van der Waals surface area contributed by atoms with Crippen LogP contribution >= 0.6 is 11.3 Å². The van der Waals surface area contributed by atoms with Gasteiger partial charge in [0.25, 0.3) is 0 Å². The first kappa shape index (κ1) is 15.1. The highest BCUT2D eigenvalue weighted by Crippen LogP contribution is 2.30. The van der Waals surface area contributed by atoms with Gasteiger partial charge in [-0.05, 0) is 37.1 Å². The lowest BCUT2D eigenvalue weighted by Crippen LogP contribution is -2.42. The summed E-state index contributed by atoms with van der Waals surface area (Å²) in [4.78, 5) is 24.6. The van der Waals surface area contributed by atoms with E-state index in [1.165, 1.54) is 0 Å². The molecular weight excluding hydrogens is 324 g/mol. The van der Waals surface area contributed by atoms with Crippen LogP contribution in [-0.4, -0.2) is 29.0 Å². The summed E-state index contributed by atoms with van der Waals surface area (Å²) in [6.45, 7) is 2.07. The standard InChI is InChI=1S/C17H18N4O2S/c22-15(19-10-13-5-3-9-23-13)12-4-2-8-21(11-12)17-20-14-6-1-7-18-16(14)24-17/h1,3,5-7,9,12H,2,4,8,10-11H2,(H,19,22). The molecule has 3 aromatic heterocycles. The molecule has 0 spiro atoms. The quantitative estimate of drug-likeness (QED) is 0.789. The van der Waals surface area contributed by atoms with Crippen molar-refractivity contribution in [3.63, 3.8) is 0 Å². The third-order valence-electron chi connectivity index (χ3n) is 4.23. The van der Waals surface area contributed by atoms with Crippen molar-refractivity contribution >= 4 is 32.7 Å². The minimum Gasteiger partial charge on any atom is -0.467 e. The fourth-order valence-electron chi connectivity index (χ4n) is 2.99. The minimum absolute atomic E-state index is 0.0197. The van der Waals surface area contributed by atoms with Crippen molar-refractivity contribution < 1.29 is 9.21 Å². The zero-order valence-electron chi connectivity index (χ0n) is 13.1. The molecule has 1 N–H and O–H groups in total. The van der Waals surface area contributed by atoms with Crippen molar-refractivity contribution in [1.82, 2.24) is 15.3 Å². The first-order valence-electron chi connectivity index (χ1n) is 8.06. The van der Waals surface area contributed by atoms with Crippen LogP contribution in [0, 0.1) is 5.92 Å². The Labute approximate surface area is 143 Å². The smallest absolute Gasteiger partial charge is 0.225 e. The number of rotatable bonds is 4. The number of nitrogens with zero attached hydrogens (tertiary/aromatic N) is 3. The average molecular weight is 342 g/mol. The number of furan rings is 1. The Balaban J connectivity index is 1.42. The van der Waals surface area contributed by atoms with Crippen molar-refractivity contribution in [3.8, 4) is 0 Å². The van der Waals surface area contributed by atoms with E-state index in [0.29, 0.717) is 13.1 Å². The van der Waals surface area contributed by atoms with Crippen molar-refractivity contribution in [2.75, 3.05) is 18.0 Å². The summed E-state index contributed by atoms with van der Waals surface area (Å²) in [6.07, 6.45) is 5.29. The first-order valence-corrected chi connectivity index (χ1v) is 8.88. The van der Waals surface area contributed by atoms with Gasteiger partial charge in [-0.15, -0.1) is 0 Å². The molecule has 6 nitrogen and oxygen atoms in total. The van der Waals surface area contributed by atoms with Gasteiger partial charge in [0.2, 0.25) is 5.91 Å². The van der Waals surface area contributed by atoms with Gasteiger partial charge < -0.3 is 14.6 Å². The molecule has 7 heteroatoms. The topological polar surface area (TPSA) is 71.3 Å². The number of hydrogen-bond acceptors (Lipinski definition) is 6. The number of hydrogen-bond donors (Lipinski definition) is 1. The molecule has 3 aromatic rings. The normalized spacial score (nSPS) is 18.0. The summed E-state index contributed by atoms with van der Waals surface area (Å²) in [5.41, 5.74) is 0.918. The minimum atomic E-state index is -0.0197. The largest absolute Gasteiger partial charge is 0.467 e. The van der Waals surface area contributed by atoms with Gasteiger partial charge in [-0.1, -0.05) is 11.3 Å². The van der Waals surface area contributed by atoms with Crippen molar-refractivity contribution in [3.05, 3.63) is 42.5 Å². The molecule has 0 saturated carbocycles. The molecule has 1 aliphatic heterocycles. The molecule has 1 aliphatic rings. The molecule has 0 aliphatic carbocycles. The molecule has 124 valence electrons. The summed E-state index contributed by atoms with van der Waals surface area (Å²) >= 11 is 1.59. The van der Waals surface area contributed by atoms with Crippen LogP contribution in [0.25, 0.3) is 10.3 Å². The van der Waals surface area contributed by atoms with Gasteiger partial charge >= 0.3 is 0 Å². The molecule has 1 unspecified atom stereocenters. The number of aromatic nitrogens is 2. The van der Waals surface area contributed by atoms with Crippen LogP contribution < -0.4 is 10.2 Å². The molecule has 1 fully saturated rings. The van der Waals surface area contributed by atoms with E-state index in [1.54, 1.807) is 23.8 Å². The molecule has 1 atom stereocenters. The Bertz CT molecular complexity index is 797. The number of amides is 1. The number of thiazole rings is 1. The van der Waals surface area contributed by atoms with Gasteiger partial charge in [-0.25, -0.2) is 9.97 Å². The van der Waals surface area contributed by atoms with Crippen LogP contribution in [0.15, 0.2) is 41.1 Å². The SMILES string of the molecule is O=C(NCc1ccco1)C1CCCN(c2nc3cccnc3s2)C1. The van der Waals surface area contributed by atoms with Crippen LogP contribution in [0.5, 0.6) is 0 Å². The zero-order valence-corrected chi connectivity index (χ0v) is 14.0. The molecule has 24 heavy (non-hydrogen) atoms. The summed E-state index contributed by atoms with van der Waals surface area (Å²) in [5, 5.41) is 3.92. The second-order valence-electron chi connectivity index (χ2n) is 5.91. The number of piperidine rings is 1. The second-order valence-corrected chi connectivity index (χ2v) is 6.86. The average Bonchev–Trinajstić information content (AvgIpc) is 3.29. The summed E-state index contributed by atoms with van der Waals surface area (Å²) in [6, 6.07) is 7.55. The third-order valence-corrected chi connectivity index (χ3v) is 5.27. The van der Waals surface area contributed by atoms with Crippen LogP contribution in [0.3, 0.4) is 0 Å². The number of carbonyl (C=O) groups excluding carboxylic acids is 1. The van der Waals surface area contributed by atoms with E-state index >= 15 is 0 Å². The predicted molar refractivity (Wildman–Crippen MR) is 92.9 cm³/mol. The number of carbonyl (C=O) groups is 1. The van der Waals surface area contributed by atoms with Crippen LogP contribution in [0.1, 0.15) is 18.6 Å². The molecule has 0 bridgehead atoms. The number of nitrogens with one attached hydrogen (secondary N) is 1. The highest BCUT2D eigenvalue weighted by molar-refractivity contribution is 7.21. The van der Waals surface area contributed by atoms with E-state index in [4.69, 9.17) is 4.42 Å². The second kappa shape index (κ2) is 6.60. The van der Waals surface area contributed by atoms with E-state index in [1.807, 2.05) is 24.3 Å². The molecule has 0 radical (unpaired) electrons. The molecule has 1 amide bonds. The Morgan fingerprint density at radius 2 is 2.38 bits per heavy atom. The number of pyridine rings is 1. The Kier molecular flexibility index (Phi) is 4.17. The maximum atomic E-state index is 12.4. The zero-order chi connectivity index (χ0) is 16.4. The number of fused-ring (bicyclic) bond motifs is 1. The lowest BCUT2D eigenvalue weighted by molar-refractivity contribution is -0.125. The van der Waals surface area contributed by atoms with Gasteiger partial charge in [0.1, 0.15) is 16.1 Å². The van der Waals surface area contributed by atoms with E-state index in [2.05, 4.69) is 20.2 Å². The maximum Gasteiger partial charge on any atom is 0.225 e. The van der Waals surface area contributed by atoms with Gasteiger partial charge in [0, 0.05) is 19.3 Å². The highest BCUT2D eigenvalue weighted by Gasteiger charge is 2.27. The van der Waals surface area contributed by atoms with E-state index < -0.39 is 0 Å². The van der Waals surface area contributed by atoms with Gasteiger partial charge in [-0.3, -0.25) is 4.79 Å². The third kappa shape index (κ3) is 3.12. The molecule has 4 rings (SSSR count). The fourth-order valence-corrected chi connectivity index (χ4v) is 3.93. The van der Waals surface area contributed by atoms with Crippen LogP contribution in [0.4, 0.5) is 5.13 Å². The fraction of sp³-hybridized carbons (Fsp3) is 0.353. The lowest BCUT2D eigenvalue weighted by atomic mass is 9.97. The van der Waals surface area contributed by atoms with Crippen molar-refractivity contribution in [2.24, 2.45) is 5.92 Å². The van der Waals surface area contributed by atoms with E-state index in [-0.39, 0.29) is 11.8 Å². The first-order chi connectivity index (χ1) is 11.8. The molecular formula is C17H18N4O2S. The summed E-state index contributed by atoms with van der Waals surface area (Å²) in [7, 11) is 0. The van der Waals surface area contributed by atoms with Crippen molar-refractivity contribution in [1.29, 1.82) is 0 Å². The molecule has 0 aromatic carbocycles. The van der Waals surface area contributed by atoms with Gasteiger partial charge in [0.05, 0.1) is 18.7 Å². The summed E-state index contributed by atoms with van der Waals surface area (Å²) in [5.74, 6) is 0.831. The monoisotopic (exact) mass is 342 g/mol. The highest BCUT2D eigenvalue weighted by atomic mass is 32.1. The number of anilines is 1. The Morgan fingerprint density at radius 1 is 1.42 bits per heavy atom. The Morgan fingerprint density at radius 3 is 3.21 bits per heavy atom. The Hall–Kier alpha value is -2.41. The lowest BCUT2D eigenvalue weighted by Gasteiger charge is -2.31. The van der Waals surface area contributed by atoms with Crippen LogP contribution in [-0.2, 0) is 11.3 Å². The van der Waals surface area contributed by atoms with Gasteiger partial charge in [0.15, 0.2) is 5.13 Å². The van der Waals surface area contributed by atoms with E-state index in [0.717, 1.165) is 40.6 Å². The van der Waals surface area contributed by atoms with E-state index in [9.17, 15) is 4.79 Å². The van der Waals surface area contributed by atoms with Crippen LogP contribution in [0.2, 0.25) is 0 Å². The maximum absolute atomic E-state index is 12.4.